The fourth-order valence-corrected chi connectivity index (χ4v) is 5.03. The molecule has 0 amide bonds. The number of hydrogen-bond donors (Lipinski definition) is 6. The van der Waals surface area contributed by atoms with Crippen molar-refractivity contribution >= 4 is 45.2 Å². The first kappa shape index (κ1) is 49.5. The van der Waals surface area contributed by atoms with E-state index in [2.05, 4.69) is 107 Å². The summed E-state index contributed by atoms with van der Waals surface area (Å²) in [5, 5.41) is 36.8. The molecule has 48 heavy (non-hydrogen) atoms. The van der Waals surface area contributed by atoms with Crippen molar-refractivity contribution in [3.8, 4) is 0 Å². The average Bonchev–Trinajstić information content (AvgIpc) is 3.15. The molecule has 0 atom stereocenters. The van der Waals surface area contributed by atoms with E-state index in [1.54, 1.807) is 0 Å². The summed E-state index contributed by atoms with van der Waals surface area (Å²) in [6.45, 7) is 5.25. The maximum Gasteiger partial charge on any atom is 0.0633 e. The molecule has 0 radical (unpaired) electrons. The SMILES string of the molecule is C=CCCCCCCc1ccc(CCC(N)(CO)CO)cc1.CCCCCCCCc1ccc(CCC(N)(CO)CO)cc1.C[123I].C[123I]. The van der Waals surface area contributed by atoms with E-state index < -0.39 is 11.1 Å². The van der Waals surface area contributed by atoms with Crippen molar-refractivity contribution in [2.45, 2.75) is 127 Å². The Balaban J connectivity index is 0. The zero-order valence-electron chi connectivity index (χ0n) is 30.5. The number of hydrogen-bond acceptors (Lipinski definition) is 6. The number of benzene rings is 2. The average molecular weight is 889 g/mol. The van der Waals surface area contributed by atoms with E-state index in [0.717, 1.165) is 32.1 Å². The molecule has 278 valence electrons. The van der Waals surface area contributed by atoms with Gasteiger partial charge < -0.3 is 31.9 Å². The van der Waals surface area contributed by atoms with Gasteiger partial charge in [-0.15, -0.1) is 6.58 Å². The Bertz CT molecular complexity index is 966. The molecule has 0 fully saturated rings. The second-order valence-electron chi connectivity index (χ2n) is 12.7. The minimum Gasteiger partial charge on any atom is -0.394 e. The highest BCUT2D eigenvalue weighted by molar-refractivity contribution is 14.1. The van der Waals surface area contributed by atoms with Gasteiger partial charge in [0.15, 0.2) is 0 Å². The van der Waals surface area contributed by atoms with E-state index in [-0.39, 0.29) is 26.4 Å². The summed E-state index contributed by atoms with van der Waals surface area (Å²) < 4.78 is 0. The molecule has 0 unspecified atom stereocenters. The molecule has 8 N–H and O–H groups in total. The Morgan fingerprint density at radius 2 is 0.812 bits per heavy atom. The van der Waals surface area contributed by atoms with Gasteiger partial charge >= 0.3 is 0 Å². The minimum atomic E-state index is -0.871. The van der Waals surface area contributed by atoms with Gasteiger partial charge in [-0.25, -0.2) is 0 Å². The first-order valence-corrected chi connectivity index (χ1v) is 22.1. The number of aryl methyl sites for hydroxylation is 4. The normalized spacial score (nSPS) is 11.0. The summed E-state index contributed by atoms with van der Waals surface area (Å²) in [4.78, 5) is 3.94. The predicted octanol–water partition coefficient (Wildman–Crippen LogP) is 8.29. The minimum absolute atomic E-state index is 0.181. The van der Waals surface area contributed by atoms with Crippen molar-refractivity contribution in [1.29, 1.82) is 0 Å². The summed E-state index contributed by atoms with van der Waals surface area (Å²) in [5.41, 5.74) is 15.2. The molecule has 0 bridgehead atoms. The zero-order chi connectivity index (χ0) is 36.5. The van der Waals surface area contributed by atoms with E-state index in [0.29, 0.717) is 12.8 Å². The monoisotopic (exact) mass is 888 g/mol. The summed E-state index contributed by atoms with van der Waals surface area (Å²) in [6.07, 6.45) is 21.2. The highest BCUT2D eigenvalue weighted by atomic mass is 123. The lowest BCUT2D eigenvalue weighted by atomic mass is 9.93. The largest absolute Gasteiger partial charge is 0.394 e. The number of unbranched alkanes of at least 4 members (excludes halogenated alkanes) is 9. The third kappa shape index (κ3) is 25.4. The molecule has 0 aromatic heterocycles. The second kappa shape index (κ2) is 33.5. The van der Waals surface area contributed by atoms with Crippen molar-refractivity contribution < 1.29 is 20.4 Å². The number of rotatable bonds is 24. The number of alkyl halides is 2. The predicted molar refractivity (Wildman–Crippen MR) is 226 cm³/mol. The fraction of sp³-hybridized carbons (Fsp3) is 0.650. The summed E-state index contributed by atoms with van der Waals surface area (Å²) >= 11 is 4.30. The van der Waals surface area contributed by atoms with Crippen LogP contribution in [0.5, 0.6) is 0 Å². The third-order valence-corrected chi connectivity index (χ3v) is 8.57. The van der Waals surface area contributed by atoms with Crippen LogP contribution in [0.15, 0.2) is 61.2 Å². The lowest BCUT2D eigenvalue weighted by molar-refractivity contribution is 0.114. The van der Waals surface area contributed by atoms with Crippen LogP contribution >= 0.6 is 45.2 Å². The number of aliphatic hydroxyl groups excluding tert-OH is 4. The molecular weight excluding hydrogens is 818 g/mol. The summed E-state index contributed by atoms with van der Waals surface area (Å²) in [6, 6.07) is 17.3. The molecule has 0 aliphatic rings. The molecule has 0 heterocycles. The third-order valence-electron chi connectivity index (χ3n) is 8.57. The Morgan fingerprint density at radius 1 is 0.521 bits per heavy atom. The van der Waals surface area contributed by atoms with Gasteiger partial charge in [-0.1, -0.05) is 152 Å². The molecule has 6 nitrogen and oxygen atoms in total. The van der Waals surface area contributed by atoms with Gasteiger partial charge in [0, 0.05) is 0 Å². The topological polar surface area (TPSA) is 133 Å². The van der Waals surface area contributed by atoms with Gasteiger partial charge in [0.2, 0.25) is 0 Å². The quantitative estimate of drug-likeness (QED) is 0.0272. The van der Waals surface area contributed by atoms with Gasteiger partial charge in [-0.3, -0.25) is 0 Å². The fourth-order valence-electron chi connectivity index (χ4n) is 5.03. The van der Waals surface area contributed by atoms with Crippen molar-refractivity contribution in [2.24, 2.45) is 11.5 Å². The molecule has 2 rings (SSSR count). The maximum atomic E-state index is 9.20. The molecule has 8 heteroatoms. The summed E-state index contributed by atoms with van der Waals surface area (Å²) in [7, 11) is 0. The molecule has 0 saturated carbocycles. The van der Waals surface area contributed by atoms with Gasteiger partial charge in [0.1, 0.15) is 0 Å². The van der Waals surface area contributed by atoms with Gasteiger partial charge in [0.05, 0.1) is 37.5 Å². The molecule has 0 aliphatic carbocycles. The molecule has 0 spiro atoms. The smallest absolute Gasteiger partial charge is 0.0633 e. The Kier molecular flexibility index (Phi) is 34.6. The Labute approximate surface area is 321 Å². The van der Waals surface area contributed by atoms with Gasteiger partial charge in [-0.2, -0.15) is 0 Å². The number of nitrogens with two attached hydrogens (primary N) is 2. The van der Waals surface area contributed by atoms with Gasteiger partial charge in [-0.05, 0) is 96.3 Å². The van der Waals surface area contributed by atoms with Crippen LogP contribution in [0, 0.1) is 0 Å². The first-order valence-electron chi connectivity index (χ1n) is 17.8. The molecular formula is C40H70I2N2O4. The van der Waals surface area contributed by atoms with Crippen LogP contribution in [-0.4, -0.2) is 67.8 Å². The van der Waals surface area contributed by atoms with Crippen LogP contribution in [0.1, 0.15) is 113 Å². The molecule has 0 saturated heterocycles. The molecule has 2 aromatic carbocycles. The molecule has 0 aliphatic heterocycles. The maximum absolute atomic E-state index is 9.20. The van der Waals surface area contributed by atoms with Crippen LogP contribution in [0.2, 0.25) is 0 Å². The molecule has 2 aromatic rings. The van der Waals surface area contributed by atoms with E-state index >= 15 is 0 Å². The number of aliphatic hydroxyl groups is 4. The standard InChI is InChI=1S/C19H33NO2.C19H31NO2.2CH3I/c2*1-2-3-4-5-6-7-8-17-9-11-18(12-10-17)13-14-19(20,15-21)16-22;2*1-2/h9-12,21-22H,2-8,13-16,20H2,1H3;2,9-12,21-22H,1,3-8,13-16,20H2;2*1H3/i;;2*2-4. The Hall–Kier alpha value is -0.600. The first-order chi connectivity index (χ1) is 23.3. The highest BCUT2D eigenvalue weighted by Crippen LogP contribution is 2.16. The highest BCUT2D eigenvalue weighted by Gasteiger charge is 2.23. The zero-order valence-corrected chi connectivity index (χ0v) is 34.8. The Morgan fingerprint density at radius 3 is 1.12 bits per heavy atom. The lowest BCUT2D eigenvalue weighted by Crippen LogP contribution is -2.47. The van der Waals surface area contributed by atoms with Crippen molar-refractivity contribution in [1.82, 2.24) is 0 Å². The van der Waals surface area contributed by atoms with Crippen LogP contribution in [0.3, 0.4) is 0 Å². The van der Waals surface area contributed by atoms with Crippen molar-refractivity contribution in [3.05, 3.63) is 83.4 Å². The van der Waals surface area contributed by atoms with Crippen LogP contribution < -0.4 is 11.5 Å². The van der Waals surface area contributed by atoms with E-state index in [9.17, 15) is 20.4 Å². The van der Waals surface area contributed by atoms with Crippen molar-refractivity contribution in [2.75, 3.05) is 36.3 Å². The second-order valence-corrected chi connectivity index (χ2v) is 12.7. The van der Waals surface area contributed by atoms with Gasteiger partial charge in [0.25, 0.3) is 0 Å². The number of halogens is 2. The van der Waals surface area contributed by atoms with Crippen LogP contribution in [0.25, 0.3) is 0 Å². The van der Waals surface area contributed by atoms with Crippen LogP contribution in [-0.2, 0) is 25.7 Å². The van der Waals surface area contributed by atoms with E-state index in [1.165, 1.54) is 86.5 Å². The van der Waals surface area contributed by atoms with Crippen LogP contribution in [0.4, 0.5) is 0 Å². The van der Waals surface area contributed by atoms with E-state index in [4.69, 9.17) is 11.5 Å². The lowest BCUT2D eigenvalue weighted by Gasteiger charge is -2.24. The van der Waals surface area contributed by atoms with E-state index in [1.807, 2.05) is 15.9 Å². The van der Waals surface area contributed by atoms with Crippen molar-refractivity contribution in [3.63, 3.8) is 0 Å². The number of allylic oxidation sites excluding steroid dienone is 1. The summed E-state index contributed by atoms with van der Waals surface area (Å²) in [5.74, 6) is 0.